The molecule has 2 rings (SSSR count). The largest absolute Gasteiger partial charge is 0.490 e. The number of halogens is 1. The molecule has 0 aliphatic rings. The predicted octanol–water partition coefficient (Wildman–Crippen LogP) is 4.60. The lowest BCUT2D eigenvalue weighted by Gasteiger charge is -2.13. The van der Waals surface area contributed by atoms with E-state index in [0.717, 1.165) is 29.1 Å². The van der Waals surface area contributed by atoms with Gasteiger partial charge in [0.15, 0.2) is 11.5 Å². The maximum absolute atomic E-state index is 5.91. The zero-order chi connectivity index (χ0) is 15.1. The number of hydrogen-bond acceptors (Lipinski definition) is 4. The highest BCUT2D eigenvalue weighted by molar-refractivity contribution is 9.10. The molecule has 1 aromatic heterocycles. The van der Waals surface area contributed by atoms with Crippen LogP contribution >= 0.6 is 27.3 Å². The minimum atomic E-state index is 0.547. The Morgan fingerprint density at radius 1 is 1.14 bits per heavy atom. The zero-order valence-electron chi connectivity index (χ0n) is 12.3. The second kappa shape index (κ2) is 8.41. The van der Waals surface area contributed by atoms with E-state index in [2.05, 4.69) is 34.2 Å². The van der Waals surface area contributed by atoms with Crippen LogP contribution in [0.4, 0.5) is 0 Å². The van der Waals surface area contributed by atoms with E-state index in [1.54, 1.807) is 11.3 Å². The summed E-state index contributed by atoms with van der Waals surface area (Å²) >= 11 is 5.20. The van der Waals surface area contributed by atoms with Crippen LogP contribution in [0.3, 0.4) is 0 Å². The summed E-state index contributed by atoms with van der Waals surface area (Å²) in [6.45, 7) is 7.05. The molecule has 0 saturated carbocycles. The number of hydrogen-bond donors (Lipinski definition) is 1. The van der Waals surface area contributed by atoms with Crippen LogP contribution in [0.5, 0.6) is 11.5 Å². The number of rotatable bonds is 8. The summed E-state index contributed by atoms with van der Waals surface area (Å²) in [5.41, 5.74) is 1.20. The fourth-order valence-electron chi connectivity index (χ4n) is 1.89. The van der Waals surface area contributed by atoms with Gasteiger partial charge in [-0.2, -0.15) is 0 Å². The molecule has 0 spiro atoms. The van der Waals surface area contributed by atoms with Gasteiger partial charge in [-0.3, -0.25) is 0 Å². The molecule has 0 bridgehead atoms. The Morgan fingerprint density at radius 2 is 2.00 bits per heavy atom. The highest BCUT2D eigenvalue weighted by atomic mass is 79.9. The Kier molecular flexibility index (Phi) is 6.54. The average Bonchev–Trinajstić information content (AvgIpc) is 2.90. The first-order valence-electron chi connectivity index (χ1n) is 7.05. The van der Waals surface area contributed by atoms with E-state index in [1.807, 2.05) is 30.5 Å². The van der Waals surface area contributed by atoms with Gasteiger partial charge >= 0.3 is 0 Å². The first kappa shape index (κ1) is 16.3. The summed E-state index contributed by atoms with van der Waals surface area (Å²) < 4.78 is 12.7. The van der Waals surface area contributed by atoms with Gasteiger partial charge in [-0.25, -0.2) is 0 Å². The smallest absolute Gasteiger partial charge is 0.161 e. The second-order valence-electron chi connectivity index (χ2n) is 4.47. The Hall–Kier alpha value is -1.04. The van der Waals surface area contributed by atoms with E-state index in [9.17, 15) is 0 Å². The van der Waals surface area contributed by atoms with Gasteiger partial charge in [0.2, 0.25) is 0 Å². The molecule has 0 aliphatic carbocycles. The predicted molar refractivity (Wildman–Crippen MR) is 91.3 cm³/mol. The highest BCUT2D eigenvalue weighted by Gasteiger charge is 2.08. The number of benzene rings is 1. The third-order valence-electron chi connectivity index (χ3n) is 2.94. The van der Waals surface area contributed by atoms with Crippen molar-refractivity contribution in [3.05, 3.63) is 44.6 Å². The van der Waals surface area contributed by atoms with Crippen LogP contribution in [0.2, 0.25) is 0 Å². The van der Waals surface area contributed by atoms with Crippen molar-refractivity contribution in [3.63, 3.8) is 0 Å². The number of ether oxygens (including phenoxy) is 2. The summed E-state index contributed by atoms with van der Waals surface area (Å²) in [6, 6.07) is 8.14. The Morgan fingerprint density at radius 3 is 2.67 bits per heavy atom. The van der Waals surface area contributed by atoms with E-state index < -0.39 is 0 Å². The van der Waals surface area contributed by atoms with Crippen molar-refractivity contribution < 1.29 is 9.47 Å². The third-order valence-corrected chi connectivity index (χ3v) is 4.84. The van der Waals surface area contributed by atoms with Crippen molar-refractivity contribution in [1.29, 1.82) is 0 Å². The Labute approximate surface area is 138 Å². The standard InChI is InChI=1S/C16H20BrNO2S/c1-3-18-10-12-5-6-14(15(9-12)19-4-2)20-11-16-13(17)7-8-21-16/h5-9,18H,3-4,10-11H2,1-2H3. The molecule has 0 aliphatic heterocycles. The average molecular weight is 370 g/mol. The zero-order valence-corrected chi connectivity index (χ0v) is 14.7. The van der Waals surface area contributed by atoms with Gasteiger partial charge in [-0.1, -0.05) is 13.0 Å². The fraction of sp³-hybridized carbons (Fsp3) is 0.375. The molecule has 0 saturated heterocycles. The molecule has 0 atom stereocenters. The summed E-state index contributed by atoms with van der Waals surface area (Å²) in [7, 11) is 0. The van der Waals surface area contributed by atoms with Gasteiger partial charge in [0, 0.05) is 11.0 Å². The first-order valence-corrected chi connectivity index (χ1v) is 8.73. The molecule has 0 radical (unpaired) electrons. The maximum atomic E-state index is 5.91. The lowest BCUT2D eigenvalue weighted by atomic mass is 10.2. The van der Waals surface area contributed by atoms with Crippen LogP contribution in [0.1, 0.15) is 24.3 Å². The van der Waals surface area contributed by atoms with E-state index in [0.29, 0.717) is 13.2 Å². The molecule has 3 nitrogen and oxygen atoms in total. The summed E-state index contributed by atoms with van der Waals surface area (Å²) in [6.07, 6.45) is 0. The molecular formula is C16H20BrNO2S. The van der Waals surface area contributed by atoms with Crippen molar-refractivity contribution in [2.24, 2.45) is 0 Å². The van der Waals surface area contributed by atoms with E-state index >= 15 is 0 Å². The maximum Gasteiger partial charge on any atom is 0.161 e. The quantitative estimate of drug-likeness (QED) is 0.737. The fourth-order valence-corrected chi connectivity index (χ4v) is 3.27. The van der Waals surface area contributed by atoms with E-state index in [-0.39, 0.29) is 0 Å². The molecule has 2 aromatic rings. The molecule has 0 fully saturated rings. The van der Waals surface area contributed by atoms with Crippen LogP contribution in [-0.2, 0) is 13.2 Å². The summed E-state index contributed by atoms with van der Waals surface area (Å²) in [5.74, 6) is 1.60. The Bertz CT molecular complexity index is 571. The molecule has 0 amide bonds. The van der Waals surface area contributed by atoms with Crippen LogP contribution in [0.15, 0.2) is 34.1 Å². The molecule has 1 aromatic carbocycles. The minimum absolute atomic E-state index is 0.547. The van der Waals surface area contributed by atoms with Gasteiger partial charge in [-0.05, 0) is 58.5 Å². The molecule has 1 heterocycles. The van der Waals surface area contributed by atoms with Gasteiger partial charge in [-0.15, -0.1) is 11.3 Å². The lowest BCUT2D eigenvalue weighted by molar-refractivity contribution is 0.270. The molecule has 5 heteroatoms. The van der Waals surface area contributed by atoms with Gasteiger partial charge in [0.05, 0.1) is 11.5 Å². The second-order valence-corrected chi connectivity index (χ2v) is 6.33. The summed E-state index contributed by atoms with van der Waals surface area (Å²) in [5, 5.41) is 5.36. The molecule has 0 unspecified atom stereocenters. The number of thiophene rings is 1. The monoisotopic (exact) mass is 369 g/mol. The molecule has 21 heavy (non-hydrogen) atoms. The Balaban J connectivity index is 2.08. The SMILES string of the molecule is CCNCc1ccc(OCc2sccc2Br)c(OCC)c1. The van der Waals surface area contributed by atoms with E-state index in [4.69, 9.17) is 9.47 Å². The summed E-state index contributed by atoms with van der Waals surface area (Å²) in [4.78, 5) is 1.18. The van der Waals surface area contributed by atoms with Crippen molar-refractivity contribution in [3.8, 4) is 11.5 Å². The van der Waals surface area contributed by atoms with Crippen LogP contribution in [0.25, 0.3) is 0 Å². The van der Waals surface area contributed by atoms with Gasteiger partial charge in [0.1, 0.15) is 6.61 Å². The van der Waals surface area contributed by atoms with Gasteiger partial charge < -0.3 is 14.8 Å². The van der Waals surface area contributed by atoms with Gasteiger partial charge in [0.25, 0.3) is 0 Å². The van der Waals surface area contributed by atoms with E-state index in [1.165, 1.54) is 10.4 Å². The number of nitrogens with one attached hydrogen (secondary N) is 1. The molecular weight excluding hydrogens is 350 g/mol. The molecule has 1 N–H and O–H groups in total. The minimum Gasteiger partial charge on any atom is -0.490 e. The van der Waals surface area contributed by atoms with Crippen LogP contribution < -0.4 is 14.8 Å². The van der Waals surface area contributed by atoms with Crippen molar-refractivity contribution in [2.45, 2.75) is 27.0 Å². The third kappa shape index (κ3) is 4.73. The molecule has 114 valence electrons. The normalized spacial score (nSPS) is 10.6. The highest BCUT2D eigenvalue weighted by Crippen LogP contribution is 2.31. The van der Waals surface area contributed by atoms with Crippen molar-refractivity contribution >= 4 is 27.3 Å². The van der Waals surface area contributed by atoms with Crippen molar-refractivity contribution in [1.82, 2.24) is 5.32 Å². The topological polar surface area (TPSA) is 30.5 Å². The lowest BCUT2D eigenvalue weighted by Crippen LogP contribution is -2.11. The van der Waals surface area contributed by atoms with Crippen LogP contribution in [-0.4, -0.2) is 13.2 Å². The first-order chi connectivity index (χ1) is 10.2. The van der Waals surface area contributed by atoms with Crippen molar-refractivity contribution in [2.75, 3.05) is 13.2 Å². The van der Waals surface area contributed by atoms with Crippen LogP contribution in [0, 0.1) is 0 Å².